The molecular formula is C69H53N3. The quantitative estimate of drug-likeness (QED) is 0.121. The summed E-state index contributed by atoms with van der Waals surface area (Å²) in [7, 11) is 0. The van der Waals surface area contributed by atoms with Crippen molar-refractivity contribution >= 4 is 28.1 Å². The van der Waals surface area contributed by atoms with Crippen LogP contribution in [0.1, 0.15) is 62.8 Å². The largest absolute Gasteiger partial charge is 0.373 e. The Bertz CT molecular complexity index is 3530. The Labute approximate surface area is 423 Å². The molecule has 0 fully saturated rings. The van der Waals surface area contributed by atoms with Crippen LogP contribution in [0, 0.1) is 0 Å². The maximum Gasteiger partial charge on any atom is 0.104 e. The van der Waals surface area contributed by atoms with Crippen molar-refractivity contribution < 1.29 is 0 Å². The molecule has 0 saturated heterocycles. The van der Waals surface area contributed by atoms with Crippen LogP contribution in [0.2, 0.25) is 0 Å². The summed E-state index contributed by atoms with van der Waals surface area (Å²) in [5.74, 6) is 0. The summed E-state index contributed by atoms with van der Waals surface area (Å²) in [6.45, 7) is 0. The fourth-order valence-electron chi connectivity index (χ4n) is 10.4. The van der Waals surface area contributed by atoms with Gasteiger partial charge in [-0.3, -0.25) is 5.32 Å². The second-order valence-electron chi connectivity index (χ2n) is 18.6. The summed E-state index contributed by atoms with van der Waals surface area (Å²) in [6, 6.07) is 101. The molecule has 2 aliphatic heterocycles. The maximum atomic E-state index is 4.11. The molecule has 3 heteroatoms. The molecule has 0 amide bonds. The van der Waals surface area contributed by atoms with Crippen LogP contribution < -0.4 is 16.0 Å². The predicted molar refractivity (Wildman–Crippen MR) is 301 cm³/mol. The van der Waals surface area contributed by atoms with Gasteiger partial charge in [-0.25, -0.2) is 0 Å². The van der Waals surface area contributed by atoms with Crippen molar-refractivity contribution in [3.8, 4) is 33.4 Å². The Balaban J connectivity index is 0.929. The van der Waals surface area contributed by atoms with Crippen LogP contribution in [0.3, 0.4) is 0 Å². The van der Waals surface area contributed by atoms with Crippen molar-refractivity contribution in [1.82, 2.24) is 16.0 Å². The molecule has 3 N–H and O–H groups in total. The molecule has 344 valence electrons. The highest BCUT2D eigenvalue weighted by atomic mass is 15.2. The lowest BCUT2D eigenvalue weighted by molar-refractivity contribution is 0.443. The zero-order valence-electron chi connectivity index (χ0n) is 39.9. The lowest BCUT2D eigenvalue weighted by Gasteiger charge is -2.36. The number of hydrogen-bond acceptors (Lipinski definition) is 3. The van der Waals surface area contributed by atoms with Crippen molar-refractivity contribution in [2.24, 2.45) is 0 Å². The second-order valence-corrected chi connectivity index (χ2v) is 18.6. The Kier molecular flexibility index (Phi) is 12.4. The van der Waals surface area contributed by atoms with Crippen LogP contribution in [0.4, 0.5) is 0 Å². The third kappa shape index (κ3) is 9.13. The van der Waals surface area contributed by atoms with E-state index in [1.54, 1.807) is 0 Å². The summed E-state index contributed by atoms with van der Waals surface area (Å²) < 4.78 is 0. The van der Waals surface area contributed by atoms with Crippen LogP contribution in [0.25, 0.3) is 61.5 Å². The molecule has 2 aliphatic rings. The van der Waals surface area contributed by atoms with Crippen molar-refractivity contribution in [2.75, 3.05) is 0 Å². The van der Waals surface area contributed by atoms with Crippen LogP contribution in [-0.2, 0) is 0 Å². The maximum absolute atomic E-state index is 4.11. The van der Waals surface area contributed by atoms with Crippen LogP contribution in [-0.4, -0.2) is 0 Å². The molecule has 3 unspecified atom stereocenters. The SMILES string of the molecule is C1=C(c2ccc(-c3ccccc3)cc2)NC(c2cccc(-c3ccc(C4=C(c5ccccc5)C(c5ccccc5)NC(c5ccccc5)=C4c4ccccc4)cc3)c2)NC1c1ccc(-c2ccccc2)cc1. The average Bonchev–Trinajstić information content (AvgIpc) is 3.48. The Morgan fingerprint density at radius 2 is 0.667 bits per heavy atom. The van der Waals surface area contributed by atoms with Gasteiger partial charge in [-0.05, 0) is 101 Å². The highest BCUT2D eigenvalue weighted by molar-refractivity contribution is 6.24. The van der Waals surface area contributed by atoms with E-state index in [0.717, 1.165) is 50.3 Å². The van der Waals surface area contributed by atoms with Gasteiger partial charge in [-0.15, -0.1) is 0 Å². The van der Waals surface area contributed by atoms with Gasteiger partial charge < -0.3 is 10.6 Å². The van der Waals surface area contributed by atoms with Crippen LogP contribution >= 0.6 is 0 Å². The number of nitrogens with one attached hydrogen (secondary N) is 3. The molecule has 0 bridgehead atoms. The van der Waals surface area contributed by atoms with E-state index in [-0.39, 0.29) is 18.2 Å². The molecule has 3 nitrogen and oxygen atoms in total. The van der Waals surface area contributed by atoms with E-state index in [0.29, 0.717) is 0 Å². The summed E-state index contributed by atoms with van der Waals surface area (Å²) in [5, 5.41) is 12.0. The molecule has 72 heavy (non-hydrogen) atoms. The molecule has 3 atom stereocenters. The number of allylic oxidation sites excluding steroid dienone is 2. The first-order valence-electron chi connectivity index (χ1n) is 24.9. The van der Waals surface area contributed by atoms with Crippen LogP contribution in [0.5, 0.6) is 0 Å². The van der Waals surface area contributed by atoms with Crippen molar-refractivity contribution in [3.63, 3.8) is 0 Å². The zero-order valence-corrected chi connectivity index (χ0v) is 39.9. The predicted octanol–water partition coefficient (Wildman–Crippen LogP) is 16.5. The smallest absolute Gasteiger partial charge is 0.104 e. The molecular weight excluding hydrogens is 871 g/mol. The van der Waals surface area contributed by atoms with E-state index >= 15 is 0 Å². The summed E-state index contributed by atoms with van der Waals surface area (Å²) in [6.07, 6.45) is 2.17. The summed E-state index contributed by atoms with van der Waals surface area (Å²) >= 11 is 0. The zero-order chi connectivity index (χ0) is 48.1. The summed E-state index contributed by atoms with van der Waals surface area (Å²) in [5.41, 5.74) is 22.4. The van der Waals surface area contributed by atoms with Crippen molar-refractivity contribution in [2.45, 2.75) is 18.2 Å². The minimum absolute atomic E-state index is 0.0303. The molecule has 0 saturated carbocycles. The van der Waals surface area contributed by atoms with E-state index < -0.39 is 0 Å². The highest BCUT2D eigenvalue weighted by Gasteiger charge is 2.33. The highest BCUT2D eigenvalue weighted by Crippen LogP contribution is 2.50. The molecule has 0 aromatic heterocycles. The minimum atomic E-state index is -0.157. The monoisotopic (exact) mass is 923 g/mol. The van der Waals surface area contributed by atoms with Gasteiger partial charge in [-0.2, -0.15) is 0 Å². The molecule has 0 radical (unpaired) electrons. The lowest BCUT2D eigenvalue weighted by Crippen LogP contribution is -2.39. The Hall–Kier alpha value is -9.02. The normalized spacial score (nSPS) is 16.6. The Morgan fingerprint density at radius 3 is 1.24 bits per heavy atom. The molecule has 10 aromatic rings. The van der Waals surface area contributed by atoms with Crippen molar-refractivity contribution in [1.29, 1.82) is 0 Å². The van der Waals surface area contributed by atoms with Gasteiger partial charge in [0.05, 0.1) is 17.8 Å². The van der Waals surface area contributed by atoms with Gasteiger partial charge >= 0.3 is 0 Å². The first kappa shape index (κ1) is 44.2. The third-order valence-electron chi connectivity index (χ3n) is 14.1. The van der Waals surface area contributed by atoms with Crippen LogP contribution in [0.15, 0.2) is 285 Å². The summed E-state index contributed by atoms with van der Waals surface area (Å²) in [4.78, 5) is 0. The average molecular weight is 924 g/mol. The topological polar surface area (TPSA) is 36.1 Å². The molecule has 10 aromatic carbocycles. The van der Waals surface area contributed by atoms with Gasteiger partial charge in [0.25, 0.3) is 0 Å². The number of rotatable bonds is 11. The molecule has 2 heterocycles. The van der Waals surface area contributed by atoms with Gasteiger partial charge in [0, 0.05) is 11.3 Å². The molecule has 12 rings (SSSR count). The lowest BCUT2D eigenvalue weighted by atomic mass is 9.77. The van der Waals surface area contributed by atoms with E-state index in [2.05, 4.69) is 301 Å². The fraction of sp³-hybridized carbons (Fsp3) is 0.0435. The van der Waals surface area contributed by atoms with Gasteiger partial charge in [0.2, 0.25) is 0 Å². The van der Waals surface area contributed by atoms with E-state index in [4.69, 9.17) is 0 Å². The van der Waals surface area contributed by atoms with E-state index in [1.165, 1.54) is 55.7 Å². The first-order chi connectivity index (χ1) is 35.7. The first-order valence-corrected chi connectivity index (χ1v) is 24.9. The molecule has 0 aliphatic carbocycles. The Morgan fingerprint density at radius 1 is 0.264 bits per heavy atom. The molecule has 0 spiro atoms. The third-order valence-corrected chi connectivity index (χ3v) is 14.1. The standard InChI is InChI=1S/C69H53N3/c1-7-20-48(21-8-1)50-34-40-53(41-35-50)62-47-63(54-42-36-51(37-43-54)49-22-9-2-10-23-49)71-69(70-62)61-33-19-32-60(46-61)52-38-44-57(45-39-52)64-65(55-24-11-3-12-25-55)67(58-28-15-5-16-29-58)72-68(59-30-17-6-18-31-59)66(64)56-26-13-4-14-27-56/h1-47,62,67,69-72H. The second kappa shape index (κ2) is 20.1. The number of dihydropyridines is 1. The van der Waals surface area contributed by atoms with Gasteiger partial charge in [0.1, 0.15) is 6.17 Å². The van der Waals surface area contributed by atoms with E-state index in [9.17, 15) is 0 Å². The van der Waals surface area contributed by atoms with Gasteiger partial charge in [0.15, 0.2) is 0 Å². The van der Waals surface area contributed by atoms with Crippen molar-refractivity contribution in [3.05, 3.63) is 330 Å². The van der Waals surface area contributed by atoms with E-state index in [1.807, 2.05) is 0 Å². The van der Waals surface area contributed by atoms with Gasteiger partial charge in [-0.1, -0.05) is 273 Å². The number of benzene rings is 10. The minimum Gasteiger partial charge on any atom is -0.373 e. The number of hydrogen-bond donors (Lipinski definition) is 3. The fourth-order valence-corrected chi connectivity index (χ4v) is 10.4.